The van der Waals surface area contributed by atoms with Crippen LogP contribution in [0.3, 0.4) is 0 Å². The van der Waals surface area contributed by atoms with Gasteiger partial charge in [-0.3, -0.25) is 9.59 Å². The molecule has 0 fully saturated rings. The fourth-order valence-corrected chi connectivity index (χ4v) is 3.75. The highest BCUT2D eigenvalue weighted by atomic mass is 32.2. The van der Waals surface area contributed by atoms with Gasteiger partial charge in [0, 0.05) is 21.5 Å². The number of benzene rings is 2. The Labute approximate surface area is 166 Å². The first-order chi connectivity index (χ1) is 13.0. The minimum absolute atomic E-state index is 0.108. The van der Waals surface area contributed by atoms with Crippen molar-refractivity contribution in [1.29, 1.82) is 0 Å². The Bertz CT molecular complexity index is 952. The van der Waals surface area contributed by atoms with Crippen LogP contribution in [-0.4, -0.2) is 22.6 Å². The second kappa shape index (κ2) is 8.83. The lowest BCUT2D eigenvalue weighted by atomic mass is 10.1. The quantitative estimate of drug-likeness (QED) is 0.589. The summed E-state index contributed by atoms with van der Waals surface area (Å²) in [6, 6.07) is 14.9. The van der Waals surface area contributed by atoms with Crippen molar-refractivity contribution >= 4 is 45.7 Å². The summed E-state index contributed by atoms with van der Waals surface area (Å²) in [5.41, 5.74) is 3.30. The molecule has 0 unspecified atom stereocenters. The van der Waals surface area contributed by atoms with Gasteiger partial charge in [0.2, 0.25) is 5.91 Å². The topological polar surface area (TPSA) is 71.1 Å². The molecular weight excluding hydrogens is 378 g/mol. The molecule has 2 aromatic carbocycles. The molecule has 1 heterocycles. The summed E-state index contributed by atoms with van der Waals surface area (Å²) >= 11 is 2.81. The lowest BCUT2D eigenvalue weighted by molar-refractivity contribution is -0.113. The number of hydrogen-bond donors (Lipinski definition) is 2. The predicted octanol–water partition coefficient (Wildman–Crippen LogP) is 4.74. The molecule has 0 spiro atoms. The van der Waals surface area contributed by atoms with Crippen molar-refractivity contribution in [2.24, 2.45) is 0 Å². The van der Waals surface area contributed by atoms with Crippen LogP contribution in [0.4, 0.5) is 10.8 Å². The molecule has 0 saturated carbocycles. The SMILES string of the molecule is Cc1ccc(C(=O)Nc2cccc(SCC(=O)Nc3nc(C)cs3)c2)cc1. The van der Waals surface area contributed by atoms with Crippen LogP contribution in [0, 0.1) is 13.8 Å². The zero-order valence-corrected chi connectivity index (χ0v) is 16.6. The molecule has 0 bridgehead atoms. The number of carbonyl (C=O) groups is 2. The van der Waals surface area contributed by atoms with E-state index in [4.69, 9.17) is 0 Å². The zero-order valence-electron chi connectivity index (χ0n) is 15.0. The molecule has 3 aromatic rings. The Morgan fingerprint density at radius 3 is 2.56 bits per heavy atom. The lowest BCUT2D eigenvalue weighted by Gasteiger charge is -2.08. The maximum absolute atomic E-state index is 12.3. The molecule has 1 aromatic heterocycles. The Hall–Kier alpha value is -2.64. The number of thioether (sulfide) groups is 1. The molecule has 0 aliphatic heterocycles. The van der Waals surface area contributed by atoms with Gasteiger partial charge >= 0.3 is 0 Å². The molecule has 2 N–H and O–H groups in total. The van der Waals surface area contributed by atoms with Gasteiger partial charge in [0.25, 0.3) is 5.91 Å². The third kappa shape index (κ3) is 5.67. The summed E-state index contributed by atoms with van der Waals surface area (Å²) < 4.78 is 0. The molecule has 2 amide bonds. The molecule has 0 aliphatic rings. The maximum Gasteiger partial charge on any atom is 0.255 e. The van der Waals surface area contributed by atoms with Gasteiger partial charge in [-0.05, 0) is 44.2 Å². The number of nitrogens with one attached hydrogen (secondary N) is 2. The predicted molar refractivity (Wildman–Crippen MR) is 112 cm³/mol. The van der Waals surface area contributed by atoms with E-state index in [1.54, 1.807) is 12.1 Å². The minimum Gasteiger partial charge on any atom is -0.322 e. The highest BCUT2D eigenvalue weighted by Crippen LogP contribution is 2.23. The maximum atomic E-state index is 12.3. The molecule has 0 saturated heterocycles. The molecule has 0 radical (unpaired) electrons. The summed E-state index contributed by atoms with van der Waals surface area (Å²) in [6.07, 6.45) is 0. The molecule has 0 aliphatic carbocycles. The lowest BCUT2D eigenvalue weighted by Crippen LogP contribution is -2.14. The van der Waals surface area contributed by atoms with Crippen molar-refractivity contribution in [2.45, 2.75) is 18.7 Å². The first kappa shape index (κ1) is 19.1. The van der Waals surface area contributed by atoms with Gasteiger partial charge in [0.05, 0.1) is 11.4 Å². The number of amides is 2. The van der Waals surface area contributed by atoms with Crippen LogP contribution in [0.5, 0.6) is 0 Å². The second-order valence-corrected chi connectivity index (χ2v) is 7.89. The molecule has 0 atom stereocenters. The first-order valence-corrected chi connectivity index (χ1v) is 10.2. The standard InChI is InChI=1S/C20H19N3O2S2/c1-13-6-8-15(9-7-13)19(25)22-16-4-3-5-17(10-16)26-12-18(24)23-20-21-14(2)11-27-20/h3-11H,12H2,1-2H3,(H,22,25)(H,21,23,24). The van der Waals surface area contributed by atoms with Crippen LogP contribution >= 0.6 is 23.1 Å². The van der Waals surface area contributed by atoms with Crippen molar-refractivity contribution in [3.05, 3.63) is 70.7 Å². The average Bonchev–Trinajstić information content (AvgIpc) is 3.05. The van der Waals surface area contributed by atoms with Gasteiger partial charge in [-0.25, -0.2) is 4.98 Å². The van der Waals surface area contributed by atoms with Crippen LogP contribution in [0.1, 0.15) is 21.6 Å². The zero-order chi connectivity index (χ0) is 19.2. The van der Waals surface area contributed by atoms with E-state index in [1.165, 1.54) is 23.1 Å². The average molecular weight is 398 g/mol. The van der Waals surface area contributed by atoms with Crippen LogP contribution in [-0.2, 0) is 4.79 Å². The number of nitrogens with zero attached hydrogens (tertiary/aromatic N) is 1. The number of thiazole rings is 1. The molecule has 7 heteroatoms. The van der Waals surface area contributed by atoms with Crippen LogP contribution in [0.15, 0.2) is 58.8 Å². The highest BCUT2D eigenvalue weighted by Gasteiger charge is 2.08. The molecule has 138 valence electrons. The van der Waals surface area contributed by atoms with Crippen molar-refractivity contribution in [2.75, 3.05) is 16.4 Å². The van der Waals surface area contributed by atoms with Gasteiger partial charge < -0.3 is 10.6 Å². The Kier molecular flexibility index (Phi) is 6.26. The first-order valence-electron chi connectivity index (χ1n) is 8.32. The summed E-state index contributed by atoms with van der Waals surface area (Å²) in [5, 5.41) is 8.17. The summed E-state index contributed by atoms with van der Waals surface area (Å²) in [5.74, 6) is 0.00559. The van der Waals surface area contributed by atoms with Crippen LogP contribution in [0.25, 0.3) is 0 Å². The van der Waals surface area contributed by atoms with E-state index in [1.807, 2.05) is 55.6 Å². The van der Waals surface area contributed by atoms with Crippen LogP contribution < -0.4 is 10.6 Å². The van der Waals surface area contributed by atoms with E-state index >= 15 is 0 Å². The highest BCUT2D eigenvalue weighted by molar-refractivity contribution is 8.00. The fraction of sp³-hybridized carbons (Fsp3) is 0.150. The van der Waals surface area contributed by atoms with Gasteiger partial charge in [-0.2, -0.15) is 0 Å². The number of hydrogen-bond acceptors (Lipinski definition) is 5. The van der Waals surface area contributed by atoms with Crippen LogP contribution in [0.2, 0.25) is 0 Å². The Morgan fingerprint density at radius 2 is 1.85 bits per heavy atom. The van der Waals surface area contributed by atoms with Crippen molar-refractivity contribution in [3.8, 4) is 0 Å². The summed E-state index contributed by atoms with van der Waals surface area (Å²) in [6.45, 7) is 3.87. The van der Waals surface area contributed by atoms with Crippen molar-refractivity contribution in [3.63, 3.8) is 0 Å². The van der Waals surface area contributed by atoms with Crippen molar-refractivity contribution < 1.29 is 9.59 Å². The van der Waals surface area contributed by atoms with E-state index < -0.39 is 0 Å². The second-order valence-electron chi connectivity index (χ2n) is 5.98. The molecular formula is C20H19N3O2S2. The largest absolute Gasteiger partial charge is 0.322 e. The fourth-order valence-electron chi connectivity index (χ4n) is 2.29. The van der Waals surface area contributed by atoms with Crippen molar-refractivity contribution in [1.82, 2.24) is 4.98 Å². The smallest absolute Gasteiger partial charge is 0.255 e. The minimum atomic E-state index is -0.158. The van der Waals surface area contributed by atoms with E-state index in [0.717, 1.165) is 16.2 Å². The Balaban J connectivity index is 1.56. The third-order valence-corrected chi connectivity index (χ3v) is 5.51. The number of anilines is 2. The number of carbonyl (C=O) groups excluding carboxylic acids is 2. The Morgan fingerprint density at radius 1 is 1.07 bits per heavy atom. The monoisotopic (exact) mass is 397 g/mol. The summed E-state index contributed by atoms with van der Waals surface area (Å²) in [4.78, 5) is 29.5. The molecule has 5 nitrogen and oxygen atoms in total. The molecule has 3 rings (SSSR count). The van der Waals surface area contributed by atoms with E-state index in [-0.39, 0.29) is 17.6 Å². The number of aryl methyl sites for hydroxylation is 2. The number of aromatic nitrogens is 1. The van der Waals surface area contributed by atoms with Gasteiger partial charge in [0.15, 0.2) is 5.13 Å². The normalized spacial score (nSPS) is 10.4. The molecule has 27 heavy (non-hydrogen) atoms. The third-order valence-electron chi connectivity index (χ3n) is 3.64. The van der Waals surface area contributed by atoms with E-state index in [2.05, 4.69) is 15.6 Å². The number of rotatable bonds is 6. The van der Waals surface area contributed by atoms with E-state index in [9.17, 15) is 9.59 Å². The van der Waals surface area contributed by atoms with Gasteiger partial charge in [-0.15, -0.1) is 23.1 Å². The van der Waals surface area contributed by atoms with E-state index in [0.29, 0.717) is 16.4 Å². The van der Waals surface area contributed by atoms with Gasteiger partial charge in [0.1, 0.15) is 0 Å². The summed E-state index contributed by atoms with van der Waals surface area (Å²) in [7, 11) is 0. The van der Waals surface area contributed by atoms with Gasteiger partial charge in [-0.1, -0.05) is 23.8 Å².